The lowest BCUT2D eigenvalue weighted by atomic mass is 10.0. The molecule has 0 saturated heterocycles. The van der Waals surface area contributed by atoms with Crippen molar-refractivity contribution >= 4 is 5.69 Å². The Morgan fingerprint density at radius 2 is 1.83 bits per heavy atom. The van der Waals surface area contributed by atoms with Crippen LogP contribution in [-0.2, 0) is 0 Å². The Kier molecular flexibility index (Phi) is 3.28. The zero-order valence-corrected chi connectivity index (χ0v) is 10.2. The molecule has 2 aromatic rings. The van der Waals surface area contributed by atoms with Crippen molar-refractivity contribution in [1.29, 1.82) is 0 Å². The van der Waals surface area contributed by atoms with Crippen LogP contribution < -0.4 is 4.74 Å². The molecule has 0 radical (unpaired) electrons. The lowest BCUT2D eigenvalue weighted by Crippen LogP contribution is -1.95. The van der Waals surface area contributed by atoms with Gasteiger partial charge in [-0.15, -0.1) is 0 Å². The summed E-state index contributed by atoms with van der Waals surface area (Å²) in [5.41, 5.74) is 2.48. The van der Waals surface area contributed by atoms with Gasteiger partial charge in [0.15, 0.2) is 0 Å². The topological polar surface area (TPSA) is 52.4 Å². The Hall–Kier alpha value is -2.36. The first-order chi connectivity index (χ1) is 8.63. The first-order valence-corrected chi connectivity index (χ1v) is 5.52. The molecule has 0 heterocycles. The summed E-state index contributed by atoms with van der Waals surface area (Å²) in [6, 6.07) is 12.6. The molecule has 0 aliphatic carbocycles. The molecule has 92 valence electrons. The van der Waals surface area contributed by atoms with Crippen molar-refractivity contribution in [1.82, 2.24) is 0 Å². The van der Waals surface area contributed by atoms with Crippen LogP contribution in [-0.4, -0.2) is 12.0 Å². The predicted molar refractivity (Wildman–Crippen MR) is 69.8 cm³/mol. The highest BCUT2D eigenvalue weighted by Gasteiger charge is 2.15. The Morgan fingerprint density at radius 3 is 2.39 bits per heavy atom. The normalized spacial score (nSPS) is 10.1. The third-order valence-corrected chi connectivity index (χ3v) is 2.76. The zero-order valence-electron chi connectivity index (χ0n) is 10.2. The molecule has 0 aliphatic heterocycles. The van der Waals surface area contributed by atoms with Crippen LogP contribution in [0.15, 0.2) is 42.5 Å². The second-order valence-corrected chi connectivity index (χ2v) is 3.97. The molecular weight excluding hydrogens is 230 g/mol. The molecule has 0 N–H and O–H groups in total. The first-order valence-electron chi connectivity index (χ1n) is 5.52. The fourth-order valence-corrected chi connectivity index (χ4v) is 1.96. The van der Waals surface area contributed by atoms with Crippen LogP contribution in [0.2, 0.25) is 0 Å². The van der Waals surface area contributed by atoms with Crippen LogP contribution in [0, 0.1) is 17.0 Å². The van der Waals surface area contributed by atoms with Gasteiger partial charge in [-0.05, 0) is 18.1 Å². The fourth-order valence-electron chi connectivity index (χ4n) is 1.96. The third kappa shape index (κ3) is 2.18. The fraction of sp³-hybridized carbons (Fsp3) is 0.143. The van der Waals surface area contributed by atoms with Gasteiger partial charge < -0.3 is 4.74 Å². The molecule has 18 heavy (non-hydrogen) atoms. The quantitative estimate of drug-likeness (QED) is 0.611. The lowest BCUT2D eigenvalue weighted by Gasteiger charge is -2.11. The summed E-state index contributed by atoms with van der Waals surface area (Å²) in [4.78, 5) is 10.5. The average Bonchev–Trinajstić information content (AvgIpc) is 2.38. The molecule has 0 aliphatic rings. The average molecular weight is 243 g/mol. The largest absolute Gasteiger partial charge is 0.496 e. The van der Waals surface area contributed by atoms with Gasteiger partial charge in [-0.25, -0.2) is 0 Å². The molecule has 0 fully saturated rings. The van der Waals surface area contributed by atoms with Crippen LogP contribution in [0.4, 0.5) is 5.69 Å². The Balaban J connectivity index is 2.67. The van der Waals surface area contributed by atoms with Crippen molar-refractivity contribution in [2.75, 3.05) is 7.11 Å². The summed E-state index contributed by atoms with van der Waals surface area (Å²) >= 11 is 0. The van der Waals surface area contributed by atoms with E-state index in [0.717, 1.165) is 16.7 Å². The summed E-state index contributed by atoms with van der Waals surface area (Å²) < 4.78 is 5.34. The monoisotopic (exact) mass is 243 g/mol. The molecule has 2 aromatic carbocycles. The van der Waals surface area contributed by atoms with Crippen molar-refractivity contribution in [2.45, 2.75) is 6.92 Å². The Labute approximate surface area is 105 Å². The number of ether oxygens (including phenoxy) is 1. The molecule has 0 bridgehead atoms. The number of aryl methyl sites for hydroxylation is 1. The van der Waals surface area contributed by atoms with Crippen LogP contribution >= 0.6 is 0 Å². The zero-order chi connectivity index (χ0) is 13.1. The summed E-state index contributed by atoms with van der Waals surface area (Å²) in [6.45, 7) is 1.80. The standard InChI is InChI=1S/C14H13NO3/c1-10-8-12(15(16)17)9-13(14(10)18-2)11-6-4-3-5-7-11/h3-9H,1-2H3. The maximum atomic E-state index is 10.9. The van der Waals surface area contributed by atoms with Gasteiger partial charge in [0, 0.05) is 17.7 Å². The van der Waals surface area contributed by atoms with E-state index in [4.69, 9.17) is 4.74 Å². The molecule has 2 rings (SSSR count). The minimum Gasteiger partial charge on any atom is -0.496 e. The lowest BCUT2D eigenvalue weighted by molar-refractivity contribution is -0.384. The van der Waals surface area contributed by atoms with Gasteiger partial charge in [0.25, 0.3) is 5.69 Å². The van der Waals surface area contributed by atoms with Gasteiger partial charge in [-0.2, -0.15) is 0 Å². The molecule has 4 heteroatoms. The molecule has 0 spiro atoms. The minimum absolute atomic E-state index is 0.0761. The number of nitro groups is 1. The van der Waals surface area contributed by atoms with E-state index >= 15 is 0 Å². The first kappa shape index (κ1) is 12.1. The Morgan fingerprint density at radius 1 is 1.17 bits per heavy atom. The molecule has 4 nitrogen and oxygen atoms in total. The number of hydrogen-bond donors (Lipinski definition) is 0. The summed E-state index contributed by atoms with van der Waals surface area (Å²) in [5, 5.41) is 10.9. The van der Waals surface area contributed by atoms with E-state index in [2.05, 4.69) is 0 Å². The number of benzene rings is 2. The number of non-ortho nitro benzene ring substituents is 1. The van der Waals surface area contributed by atoms with Crippen molar-refractivity contribution in [2.24, 2.45) is 0 Å². The van der Waals surface area contributed by atoms with Crippen molar-refractivity contribution < 1.29 is 9.66 Å². The second-order valence-electron chi connectivity index (χ2n) is 3.97. The van der Waals surface area contributed by atoms with Crippen LogP contribution in [0.25, 0.3) is 11.1 Å². The predicted octanol–water partition coefficient (Wildman–Crippen LogP) is 3.58. The van der Waals surface area contributed by atoms with E-state index in [1.807, 2.05) is 30.3 Å². The molecule has 0 saturated carbocycles. The maximum absolute atomic E-state index is 10.9. The van der Waals surface area contributed by atoms with Gasteiger partial charge in [0.2, 0.25) is 0 Å². The molecular formula is C14H13NO3. The Bertz CT molecular complexity index is 579. The van der Waals surface area contributed by atoms with E-state index < -0.39 is 4.92 Å². The van der Waals surface area contributed by atoms with Gasteiger partial charge in [0.1, 0.15) is 5.75 Å². The van der Waals surface area contributed by atoms with Gasteiger partial charge in [-0.1, -0.05) is 30.3 Å². The smallest absolute Gasteiger partial charge is 0.270 e. The SMILES string of the molecule is COc1c(C)cc([N+](=O)[O-])cc1-c1ccccc1. The van der Waals surface area contributed by atoms with Crippen molar-refractivity contribution in [3.05, 3.63) is 58.1 Å². The highest BCUT2D eigenvalue weighted by atomic mass is 16.6. The third-order valence-electron chi connectivity index (χ3n) is 2.76. The van der Waals surface area contributed by atoms with Crippen LogP contribution in [0.1, 0.15) is 5.56 Å². The van der Waals surface area contributed by atoms with Crippen molar-refractivity contribution in [3.8, 4) is 16.9 Å². The number of nitrogens with zero attached hydrogens (tertiary/aromatic N) is 1. The minimum atomic E-state index is -0.390. The number of methoxy groups -OCH3 is 1. The molecule has 0 amide bonds. The van der Waals surface area contributed by atoms with Crippen molar-refractivity contribution in [3.63, 3.8) is 0 Å². The molecule has 0 aromatic heterocycles. The number of hydrogen-bond acceptors (Lipinski definition) is 3. The summed E-state index contributed by atoms with van der Waals surface area (Å²) in [7, 11) is 1.57. The molecule has 0 atom stereocenters. The second kappa shape index (κ2) is 4.87. The van der Waals surface area contributed by atoms with E-state index in [1.165, 1.54) is 6.07 Å². The van der Waals surface area contributed by atoms with Crippen LogP contribution in [0.3, 0.4) is 0 Å². The van der Waals surface area contributed by atoms with E-state index in [1.54, 1.807) is 20.1 Å². The van der Waals surface area contributed by atoms with E-state index in [9.17, 15) is 10.1 Å². The molecule has 0 unspecified atom stereocenters. The van der Waals surface area contributed by atoms with Crippen LogP contribution in [0.5, 0.6) is 5.75 Å². The van der Waals surface area contributed by atoms with Gasteiger partial charge in [0.05, 0.1) is 12.0 Å². The van der Waals surface area contributed by atoms with Gasteiger partial charge >= 0.3 is 0 Å². The van der Waals surface area contributed by atoms with Gasteiger partial charge in [-0.3, -0.25) is 10.1 Å². The van der Waals surface area contributed by atoms with E-state index in [-0.39, 0.29) is 5.69 Å². The van der Waals surface area contributed by atoms with E-state index in [0.29, 0.717) is 5.75 Å². The highest BCUT2D eigenvalue weighted by Crippen LogP contribution is 2.36. The number of nitro benzene ring substituents is 1. The number of rotatable bonds is 3. The summed E-state index contributed by atoms with van der Waals surface area (Å²) in [6.07, 6.45) is 0. The summed E-state index contributed by atoms with van der Waals surface area (Å²) in [5.74, 6) is 0.673. The maximum Gasteiger partial charge on any atom is 0.270 e. The highest BCUT2D eigenvalue weighted by molar-refractivity contribution is 5.74.